The minimum atomic E-state index is 0.0179. The van der Waals surface area contributed by atoms with Gasteiger partial charge in [0.05, 0.1) is 13.7 Å². The molecule has 0 spiro atoms. The van der Waals surface area contributed by atoms with Crippen LogP contribution in [0.4, 0.5) is 5.69 Å². The van der Waals surface area contributed by atoms with Gasteiger partial charge in [-0.3, -0.25) is 14.5 Å². The Balaban J connectivity index is 1.73. The maximum atomic E-state index is 13.1. The molecule has 0 aliphatic carbocycles. The molecule has 1 aliphatic heterocycles. The Bertz CT molecular complexity index is 1030. The van der Waals surface area contributed by atoms with Crippen LogP contribution in [0.1, 0.15) is 81.0 Å². The fourth-order valence-corrected chi connectivity index (χ4v) is 4.96. The number of anilines is 1. The van der Waals surface area contributed by atoms with E-state index in [1.165, 1.54) is 0 Å². The minimum absolute atomic E-state index is 0.0179. The third-order valence-electron chi connectivity index (χ3n) is 7.07. The number of nitrogens with one attached hydrogen (secondary N) is 1. The zero-order chi connectivity index (χ0) is 26.1. The Morgan fingerprint density at radius 1 is 1.03 bits per heavy atom. The first-order valence-corrected chi connectivity index (χ1v) is 13.3. The monoisotopic (exact) mass is 493 g/mol. The van der Waals surface area contributed by atoms with E-state index in [2.05, 4.69) is 49.2 Å². The summed E-state index contributed by atoms with van der Waals surface area (Å²) >= 11 is 0. The molecular formula is C30H43N3O3. The van der Waals surface area contributed by atoms with Gasteiger partial charge in [0, 0.05) is 32.2 Å². The Labute approximate surface area is 217 Å². The number of hydrogen-bond donors (Lipinski definition) is 1. The fraction of sp³-hybridized carbons (Fsp3) is 0.533. The molecular weight excluding hydrogens is 450 g/mol. The van der Waals surface area contributed by atoms with Crippen LogP contribution >= 0.6 is 0 Å². The molecule has 196 valence electrons. The molecule has 1 heterocycles. The smallest absolute Gasteiger partial charge is 0.234 e. The molecule has 6 heteroatoms. The Kier molecular flexibility index (Phi) is 10.4. The van der Waals surface area contributed by atoms with Crippen molar-refractivity contribution in [3.05, 3.63) is 58.7 Å². The normalized spacial score (nSPS) is 15.6. The maximum Gasteiger partial charge on any atom is 0.234 e. The van der Waals surface area contributed by atoms with Crippen molar-refractivity contribution in [2.24, 2.45) is 0 Å². The quantitative estimate of drug-likeness (QED) is 0.572. The van der Waals surface area contributed by atoms with Crippen molar-refractivity contribution < 1.29 is 14.3 Å². The number of fused-ring (bicyclic) bond motifs is 1. The molecule has 0 fully saturated rings. The first-order chi connectivity index (χ1) is 17.3. The molecule has 3 rings (SSSR count). The number of methoxy groups -OCH3 is 1. The Morgan fingerprint density at radius 2 is 1.72 bits per heavy atom. The molecule has 0 bridgehead atoms. The van der Waals surface area contributed by atoms with Crippen LogP contribution in [0.3, 0.4) is 0 Å². The highest BCUT2D eigenvalue weighted by molar-refractivity contribution is 5.92. The van der Waals surface area contributed by atoms with E-state index in [4.69, 9.17) is 4.74 Å². The third-order valence-corrected chi connectivity index (χ3v) is 7.07. The van der Waals surface area contributed by atoms with Crippen LogP contribution in [-0.4, -0.2) is 43.5 Å². The van der Waals surface area contributed by atoms with Gasteiger partial charge in [0.25, 0.3) is 0 Å². The fourth-order valence-electron chi connectivity index (χ4n) is 4.96. The molecule has 0 radical (unpaired) electrons. The van der Waals surface area contributed by atoms with Gasteiger partial charge >= 0.3 is 0 Å². The number of aryl methyl sites for hydroxylation is 1. The van der Waals surface area contributed by atoms with Gasteiger partial charge in [0.2, 0.25) is 11.8 Å². The summed E-state index contributed by atoms with van der Waals surface area (Å²) in [6, 6.07) is 12.3. The molecule has 0 unspecified atom stereocenters. The van der Waals surface area contributed by atoms with Gasteiger partial charge < -0.3 is 15.0 Å². The molecule has 0 saturated carbocycles. The molecule has 1 N–H and O–H groups in total. The summed E-state index contributed by atoms with van der Waals surface area (Å²) in [7, 11) is 1.70. The zero-order valence-electron chi connectivity index (χ0n) is 22.7. The van der Waals surface area contributed by atoms with Crippen molar-refractivity contribution in [3.8, 4) is 5.75 Å². The van der Waals surface area contributed by atoms with E-state index in [1.54, 1.807) is 14.0 Å². The Morgan fingerprint density at radius 3 is 2.42 bits per heavy atom. The first-order valence-electron chi connectivity index (χ1n) is 13.3. The van der Waals surface area contributed by atoms with Gasteiger partial charge in [0.1, 0.15) is 5.75 Å². The molecule has 0 saturated heterocycles. The number of benzene rings is 2. The van der Waals surface area contributed by atoms with Gasteiger partial charge in [-0.1, -0.05) is 51.3 Å². The maximum absolute atomic E-state index is 13.1. The van der Waals surface area contributed by atoms with Crippen LogP contribution in [0.2, 0.25) is 0 Å². The summed E-state index contributed by atoms with van der Waals surface area (Å²) in [5.41, 5.74) is 5.44. The van der Waals surface area contributed by atoms with Crippen molar-refractivity contribution in [2.45, 2.75) is 78.8 Å². The third kappa shape index (κ3) is 7.57. The summed E-state index contributed by atoms with van der Waals surface area (Å²) in [5, 5.41) is 3.14. The molecule has 2 amide bonds. The predicted octanol–water partition coefficient (Wildman–Crippen LogP) is 5.56. The Hall–Kier alpha value is -2.86. The highest BCUT2D eigenvalue weighted by Gasteiger charge is 2.19. The molecule has 36 heavy (non-hydrogen) atoms. The van der Waals surface area contributed by atoms with Gasteiger partial charge in [0.15, 0.2) is 0 Å². The van der Waals surface area contributed by atoms with Crippen LogP contribution in [0.5, 0.6) is 5.75 Å². The van der Waals surface area contributed by atoms with Crippen molar-refractivity contribution in [3.63, 3.8) is 0 Å². The molecule has 6 nitrogen and oxygen atoms in total. The number of rotatable bonds is 6. The lowest BCUT2D eigenvalue weighted by Crippen LogP contribution is -2.38. The number of nitrogens with zero attached hydrogens (tertiary/aromatic N) is 2. The van der Waals surface area contributed by atoms with Crippen molar-refractivity contribution >= 4 is 17.5 Å². The van der Waals surface area contributed by atoms with E-state index >= 15 is 0 Å². The van der Waals surface area contributed by atoms with Gasteiger partial charge in [-0.05, 0) is 72.7 Å². The minimum Gasteiger partial charge on any atom is -0.496 e. The molecule has 2 aromatic rings. The number of carbonyl (C=O) groups excluding carboxylic acids is 2. The average molecular weight is 494 g/mol. The van der Waals surface area contributed by atoms with Gasteiger partial charge in [-0.15, -0.1) is 0 Å². The lowest BCUT2D eigenvalue weighted by Gasteiger charge is -2.28. The summed E-state index contributed by atoms with van der Waals surface area (Å²) in [6.07, 6.45) is 5.50. The highest BCUT2D eigenvalue weighted by Crippen LogP contribution is 2.29. The summed E-state index contributed by atoms with van der Waals surface area (Å²) in [4.78, 5) is 29.6. The van der Waals surface area contributed by atoms with E-state index in [0.29, 0.717) is 25.6 Å². The number of ether oxygens (including phenoxy) is 1. The summed E-state index contributed by atoms with van der Waals surface area (Å²) in [6.45, 7) is 11.1. The largest absolute Gasteiger partial charge is 0.496 e. The summed E-state index contributed by atoms with van der Waals surface area (Å²) in [5.74, 6) is 1.32. The number of para-hydroxylation sites is 1. The average Bonchev–Trinajstić information content (AvgIpc) is 2.83. The second-order valence-corrected chi connectivity index (χ2v) is 10.2. The highest BCUT2D eigenvalue weighted by atomic mass is 16.5. The van der Waals surface area contributed by atoms with Crippen LogP contribution < -0.4 is 15.0 Å². The van der Waals surface area contributed by atoms with Crippen molar-refractivity contribution in [1.82, 2.24) is 10.2 Å². The molecule has 1 aliphatic rings. The van der Waals surface area contributed by atoms with E-state index < -0.39 is 0 Å². The second kappa shape index (κ2) is 13.4. The van der Waals surface area contributed by atoms with E-state index in [1.807, 2.05) is 23.1 Å². The van der Waals surface area contributed by atoms with E-state index in [0.717, 1.165) is 78.9 Å². The van der Waals surface area contributed by atoms with E-state index in [9.17, 15) is 9.59 Å². The van der Waals surface area contributed by atoms with Crippen molar-refractivity contribution in [1.29, 1.82) is 0 Å². The number of hydrogen-bond acceptors (Lipinski definition) is 4. The molecule has 0 aromatic heterocycles. The van der Waals surface area contributed by atoms with Crippen LogP contribution in [0.15, 0.2) is 36.4 Å². The molecule has 0 atom stereocenters. The number of carbonyl (C=O) groups is 2. The lowest BCUT2D eigenvalue weighted by molar-refractivity contribution is -0.122. The topological polar surface area (TPSA) is 61.9 Å². The van der Waals surface area contributed by atoms with Crippen LogP contribution in [0, 0.1) is 6.92 Å². The molecule has 2 aromatic carbocycles. The van der Waals surface area contributed by atoms with Gasteiger partial charge in [-0.2, -0.15) is 0 Å². The summed E-state index contributed by atoms with van der Waals surface area (Å²) < 4.78 is 5.56. The first kappa shape index (κ1) is 27.7. The standard InChI is InChI=1S/C30H43N3O3/c1-22(2)27-18-26(23(3)17-29(27)36-5)19-31-30(35)21-32-15-11-7-6-8-12-16-33(24(4)34)28-14-10-9-13-25(28)20-32/h9-10,13-14,17-18,22H,6-8,11-12,15-16,19-21H2,1-5H3,(H,31,35). The number of amides is 2. The van der Waals surface area contributed by atoms with Gasteiger partial charge in [-0.25, -0.2) is 0 Å². The SMILES string of the molecule is COc1cc(C)c(CNC(=O)CN2CCCCCCCN(C(C)=O)c3ccccc3C2)cc1C(C)C. The van der Waals surface area contributed by atoms with Crippen molar-refractivity contribution in [2.75, 3.05) is 31.6 Å². The second-order valence-electron chi connectivity index (χ2n) is 10.2. The van der Waals surface area contributed by atoms with Crippen LogP contribution in [0.25, 0.3) is 0 Å². The van der Waals surface area contributed by atoms with E-state index in [-0.39, 0.29) is 11.8 Å². The predicted molar refractivity (Wildman–Crippen MR) is 146 cm³/mol. The lowest BCUT2D eigenvalue weighted by atomic mass is 9.96. The van der Waals surface area contributed by atoms with Crippen LogP contribution in [-0.2, 0) is 22.7 Å². The zero-order valence-corrected chi connectivity index (χ0v) is 22.7.